The summed E-state index contributed by atoms with van der Waals surface area (Å²) in [6.07, 6.45) is 11.6. The maximum Gasteiger partial charge on any atom is 0.254 e. The van der Waals surface area contributed by atoms with E-state index in [4.69, 9.17) is 0 Å². The van der Waals surface area contributed by atoms with Crippen LogP contribution in [0.25, 0.3) is 0 Å². The lowest BCUT2D eigenvalue weighted by Gasteiger charge is -2.29. The molecule has 21 heavy (non-hydrogen) atoms. The van der Waals surface area contributed by atoms with Crippen molar-refractivity contribution in [1.82, 2.24) is 14.9 Å². The number of aryl methyl sites for hydroxylation is 1. The van der Waals surface area contributed by atoms with Crippen molar-refractivity contribution in [3.8, 4) is 0 Å². The van der Waals surface area contributed by atoms with Crippen molar-refractivity contribution in [2.75, 3.05) is 0 Å². The van der Waals surface area contributed by atoms with Crippen LogP contribution < -0.4 is 5.56 Å². The Morgan fingerprint density at radius 2 is 2.24 bits per heavy atom. The van der Waals surface area contributed by atoms with E-state index in [-0.39, 0.29) is 30.0 Å². The van der Waals surface area contributed by atoms with Gasteiger partial charge in [0.1, 0.15) is 5.82 Å². The molecule has 0 radical (unpaired) electrons. The zero-order chi connectivity index (χ0) is 15.0. The van der Waals surface area contributed by atoms with Crippen LogP contribution in [0.4, 0.5) is 0 Å². The average Bonchev–Trinajstić information content (AvgIpc) is 2.77. The van der Waals surface area contributed by atoms with Gasteiger partial charge in [0.15, 0.2) is 0 Å². The number of fused-ring (bicyclic) bond motifs is 1. The molecule has 5 nitrogen and oxygen atoms in total. The third kappa shape index (κ3) is 2.46. The second-order valence-electron chi connectivity index (χ2n) is 5.40. The largest absolute Gasteiger partial charge is 0.326 e. The Balaban J connectivity index is 1.81. The van der Waals surface area contributed by atoms with E-state index in [1.165, 1.54) is 6.20 Å². The van der Waals surface area contributed by atoms with Crippen LogP contribution in [-0.4, -0.2) is 32.9 Å². The first kappa shape index (κ1) is 13.5. The third-order valence-electron chi connectivity index (χ3n) is 3.84. The normalized spacial score (nSPS) is 23.1. The van der Waals surface area contributed by atoms with Gasteiger partial charge in [0.2, 0.25) is 5.91 Å². The van der Waals surface area contributed by atoms with Crippen LogP contribution in [-0.2, 0) is 11.2 Å². The molecule has 1 amide bonds. The van der Waals surface area contributed by atoms with Crippen molar-refractivity contribution in [3.63, 3.8) is 0 Å². The summed E-state index contributed by atoms with van der Waals surface area (Å²) in [6.45, 7) is 3.70. The fourth-order valence-corrected chi connectivity index (χ4v) is 2.84. The molecule has 2 atom stereocenters. The molecule has 1 aromatic heterocycles. The fourth-order valence-electron chi connectivity index (χ4n) is 2.84. The molecule has 0 bridgehead atoms. The Hall–Kier alpha value is -2.43. The Morgan fingerprint density at radius 1 is 1.43 bits per heavy atom. The summed E-state index contributed by atoms with van der Waals surface area (Å²) in [4.78, 5) is 32.9. The minimum absolute atomic E-state index is 0.0185. The molecule has 2 heterocycles. The summed E-state index contributed by atoms with van der Waals surface area (Å²) < 4.78 is 0. The van der Waals surface area contributed by atoms with Crippen LogP contribution >= 0.6 is 0 Å². The van der Waals surface area contributed by atoms with Gasteiger partial charge in [0, 0.05) is 17.8 Å². The fraction of sp³-hybridized carbons (Fsp3) is 0.312. The minimum atomic E-state index is -0.241. The summed E-state index contributed by atoms with van der Waals surface area (Å²) in [5, 5.41) is 0. The molecular formula is C16H17N3O2. The van der Waals surface area contributed by atoms with Gasteiger partial charge in [-0.3, -0.25) is 9.59 Å². The van der Waals surface area contributed by atoms with E-state index in [0.717, 1.165) is 5.57 Å². The van der Waals surface area contributed by atoms with Crippen LogP contribution in [0.3, 0.4) is 0 Å². The van der Waals surface area contributed by atoms with Crippen LogP contribution in [0.1, 0.15) is 18.3 Å². The van der Waals surface area contributed by atoms with E-state index in [9.17, 15) is 9.59 Å². The Bertz CT molecular complexity index is 727. The molecule has 1 aliphatic heterocycles. The number of nitrogens with one attached hydrogen (secondary N) is 1. The van der Waals surface area contributed by atoms with Gasteiger partial charge in [-0.05, 0) is 19.4 Å². The first-order valence-corrected chi connectivity index (χ1v) is 6.99. The second kappa shape index (κ2) is 5.16. The summed E-state index contributed by atoms with van der Waals surface area (Å²) >= 11 is 0. The number of carbonyl (C=O) groups excluding carboxylic acids is 1. The van der Waals surface area contributed by atoms with E-state index >= 15 is 0 Å². The van der Waals surface area contributed by atoms with Gasteiger partial charge < -0.3 is 9.88 Å². The Morgan fingerprint density at radius 3 is 3.00 bits per heavy atom. The topological polar surface area (TPSA) is 66.1 Å². The molecule has 1 aromatic rings. The molecule has 0 fully saturated rings. The SMILES string of the molecule is Cc1ncc(CC(=O)N2C(C)C=C3C=CC=CC32)c(=O)[nH]1. The van der Waals surface area contributed by atoms with Gasteiger partial charge in [0.25, 0.3) is 5.56 Å². The zero-order valence-corrected chi connectivity index (χ0v) is 12.0. The van der Waals surface area contributed by atoms with Crippen molar-refractivity contribution < 1.29 is 4.79 Å². The number of hydrogen-bond acceptors (Lipinski definition) is 3. The predicted octanol–water partition coefficient (Wildman–Crippen LogP) is 1.27. The predicted molar refractivity (Wildman–Crippen MR) is 79.8 cm³/mol. The van der Waals surface area contributed by atoms with Gasteiger partial charge >= 0.3 is 0 Å². The quantitative estimate of drug-likeness (QED) is 0.889. The molecule has 2 unspecified atom stereocenters. The third-order valence-corrected chi connectivity index (χ3v) is 3.84. The molecule has 1 N–H and O–H groups in total. The molecule has 0 spiro atoms. The summed E-state index contributed by atoms with van der Waals surface area (Å²) in [5.74, 6) is 0.491. The van der Waals surface area contributed by atoms with Gasteiger partial charge in [0.05, 0.1) is 12.5 Å². The Labute approximate surface area is 122 Å². The number of allylic oxidation sites excluding steroid dienone is 2. The molecule has 1 aliphatic carbocycles. The van der Waals surface area contributed by atoms with E-state index in [2.05, 4.69) is 16.0 Å². The molecule has 0 aromatic carbocycles. The van der Waals surface area contributed by atoms with E-state index in [0.29, 0.717) is 11.4 Å². The summed E-state index contributed by atoms with van der Waals surface area (Å²) in [7, 11) is 0. The van der Waals surface area contributed by atoms with Gasteiger partial charge in [-0.2, -0.15) is 0 Å². The molecule has 5 heteroatoms. The highest BCUT2D eigenvalue weighted by Crippen LogP contribution is 2.28. The van der Waals surface area contributed by atoms with E-state index in [1.807, 2.05) is 36.1 Å². The minimum Gasteiger partial charge on any atom is -0.326 e. The maximum atomic E-state index is 12.6. The molecule has 3 rings (SSSR count). The molecule has 0 saturated carbocycles. The van der Waals surface area contributed by atoms with Crippen molar-refractivity contribution in [3.05, 3.63) is 63.9 Å². The average molecular weight is 283 g/mol. The Kier molecular flexibility index (Phi) is 3.33. The number of hydrogen-bond donors (Lipinski definition) is 1. The highest BCUT2D eigenvalue weighted by molar-refractivity contribution is 5.81. The number of carbonyl (C=O) groups is 1. The number of amides is 1. The van der Waals surface area contributed by atoms with E-state index < -0.39 is 0 Å². The standard InChI is InChI=1S/C16H17N3O2/c1-10-7-12-5-3-4-6-14(12)19(10)15(20)8-13-9-17-11(2)18-16(13)21/h3-7,9-10,14H,8H2,1-2H3,(H,17,18,21). The number of H-pyrrole nitrogens is 1. The number of aromatic amines is 1. The smallest absolute Gasteiger partial charge is 0.254 e. The first-order chi connectivity index (χ1) is 10.1. The summed E-state index contributed by atoms with van der Waals surface area (Å²) in [5.41, 5.74) is 1.30. The van der Waals surface area contributed by atoms with Gasteiger partial charge in [-0.15, -0.1) is 0 Å². The lowest BCUT2D eigenvalue weighted by Crippen LogP contribution is -2.42. The van der Waals surface area contributed by atoms with Crippen molar-refractivity contribution >= 4 is 5.91 Å². The van der Waals surface area contributed by atoms with Crippen LogP contribution in [0.5, 0.6) is 0 Å². The number of aromatic nitrogens is 2. The highest BCUT2D eigenvalue weighted by atomic mass is 16.2. The second-order valence-corrected chi connectivity index (χ2v) is 5.40. The van der Waals surface area contributed by atoms with Crippen molar-refractivity contribution in [2.24, 2.45) is 0 Å². The molecule has 0 saturated heterocycles. The number of rotatable bonds is 2. The lowest BCUT2D eigenvalue weighted by atomic mass is 10.0. The van der Waals surface area contributed by atoms with Crippen LogP contribution in [0.2, 0.25) is 0 Å². The van der Waals surface area contributed by atoms with Crippen LogP contribution in [0.15, 0.2) is 46.9 Å². The maximum absolute atomic E-state index is 12.6. The molecule has 108 valence electrons. The van der Waals surface area contributed by atoms with E-state index in [1.54, 1.807) is 6.92 Å². The first-order valence-electron chi connectivity index (χ1n) is 6.99. The summed E-state index contributed by atoms with van der Waals surface area (Å²) in [6, 6.07) is 0.0115. The van der Waals surface area contributed by atoms with Gasteiger partial charge in [-0.25, -0.2) is 4.98 Å². The highest BCUT2D eigenvalue weighted by Gasteiger charge is 2.33. The number of nitrogens with zero attached hydrogens (tertiary/aromatic N) is 2. The monoisotopic (exact) mass is 283 g/mol. The molecular weight excluding hydrogens is 266 g/mol. The van der Waals surface area contributed by atoms with Crippen molar-refractivity contribution in [1.29, 1.82) is 0 Å². The van der Waals surface area contributed by atoms with Crippen molar-refractivity contribution in [2.45, 2.75) is 32.4 Å². The lowest BCUT2D eigenvalue weighted by molar-refractivity contribution is -0.131. The molecule has 2 aliphatic rings. The van der Waals surface area contributed by atoms with Gasteiger partial charge in [-0.1, -0.05) is 30.4 Å². The van der Waals surface area contributed by atoms with Crippen LogP contribution in [0, 0.1) is 6.92 Å². The zero-order valence-electron chi connectivity index (χ0n) is 12.0.